The topological polar surface area (TPSA) is 90.1 Å². The van der Waals surface area contributed by atoms with Crippen LogP contribution < -0.4 is 11.1 Å². The number of carbonyl (C=O) groups is 1. The van der Waals surface area contributed by atoms with Gasteiger partial charge in [0.05, 0.1) is 18.5 Å². The number of aromatic nitrogens is 2. The fraction of sp³-hybridized carbons (Fsp3) is 0.417. The minimum absolute atomic E-state index is 0.146. The zero-order valence-corrected chi connectivity index (χ0v) is 11.1. The van der Waals surface area contributed by atoms with Crippen LogP contribution >= 0.6 is 11.3 Å². The van der Waals surface area contributed by atoms with Crippen molar-refractivity contribution in [2.24, 2.45) is 5.92 Å². The van der Waals surface area contributed by atoms with Gasteiger partial charge in [0.2, 0.25) is 0 Å². The summed E-state index contributed by atoms with van der Waals surface area (Å²) in [6, 6.07) is 1.77. The normalized spacial score (nSPS) is 18.8. The highest BCUT2D eigenvalue weighted by molar-refractivity contribution is 7.21. The largest absolute Gasteiger partial charge is 0.397 e. The van der Waals surface area contributed by atoms with E-state index >= 15 is 0 Å². The van der Waals surface area contributed by atoms with E-state index in [1.54, 1.807) is 12.3 Å². The van der Waals surface area contributed by atoms with Crippen molar-refractivity contribution in [1.29, 1.82) is 0 Å². The van der Waals surface area contributed by atoms with Crippen LogP contribution in [0.1, 0.15) is 16.1 Å². The number of nitrogen functional groups attached to an aromatic ring is 1. The predicted molar refractivity (Wildman–Crippen MR) is 73.1 cm³/mol. The van der Waals surface area contributed by atoms with Crippen LogP contribution in [0.3, 0.4) is 0 Å². The second-order valence-electron chi connectivity index (χ2n) is 4.53. The van der Waals surface area contributed by atoms with Gasteiger partial charge in [0.15, 0.2) is 0 Å². The Hall–Kier alpha value is -1.73. The number of nitrogens with one attached hydrogen (secondary N) is 1. The Labute approximate surface area is 114 Å². The number of nitrogens with two attached hydrogens (primary N) is 1. The third-order valence-corrected chi connectivity index (χ3v) is 4.31. The molecule has 3 heterocycles. The molecule has 0 spiro atoms. The molecule has 1 aliphatic rings. The molecule has 0 aliphatic carbocycles. The van der Waals surface area contributed by atoms with Gasteiger partial charge >= 0.3 is 0 Å². The fourth-order valence-corrected chi connectivity index (χ4v) is 3.06. The first kappa shape index (κ1) is 12.3. The van der Waals surface area contributed by atoms with E-state index in [9.17, 15) is 4.79 Å². The van der Waals surface area contributed by atoms with Gasteiger partial charge in [-0.1, -0.05) is 0 Å². The number of hydrogen-bond donors (Lipinski definition) is 2. The Bertz CT molecular complexity index is 607. The maximum atomic E-state index is 12.1. The molecular weight excluding hydrogens is 264 g/mol. The summed E-state index contributed by atoms with van der Waals surface area (Å²) >= 11 is 1.27. The lowest BCUT2D eigenvalue weighted by atomic mass is 10.1. The smallest absolute Gasteiger partial charge is 0.263 e. The summed E-state index contributed by atoms with van der Waals surface area (Å²) in [6.45, 7) is 2.12. The third-order valence-electron chi connectivity index (χ3n) is 3.20. The minimum Gasteiger partial charge on any atom is -0.397 e. The summed E-state index contributed by atoms with van der Waals surface area (Å²) in [5.41, 5.74) is 6.46. The molecule has 1 amide bonds. The molecule has 0 saturated carbocycles. The second-order valence-corrected chi connectivity index (χ2v) is 5.53. The monoisotopic (exact) mass is 278 g/mol. The van der Waals surface area contributed by atoms with Gasteiger partial charge < -0.3 is 15.8 Å². The summed E-state index contributed by atoms with van der Waals surface area (Å²) in [7, 11) is 0. The van der Waals surface area contributed by atoms with Crippen molar-refractivity contribution in [2.45, 2.75) is 6.42 Å². The lowest BCUT2D eigenvalue weighted by Crippen LogP contribution is -2.29. The average molecular weight is 278 g/mol. The van der Waals surface area contributed by atoms with E-state index in [0.29, 0.717) is 34.5 Å². The van der Waals surface area contributed by atoms with Gasteiger partial charge in [-0.3, -0.25) is 4.79 Å². The predicted octanol–water partition coefficient (Wildman–Crippen LogP) is 1.04. The van der Waals surface area contributed by atoms with E-state index in [2.05, 4.69) is 15.5 Å². The van der Waals surface area contributed by atoms with Crippen LogP contribution in [0.5, 0.6) is 0 Å². The van der Waals surface area contributed by atoms with Crippen LogP contribution in [0, 0.1) is 5.92 Å². The van der Waals surface area contributed by atoms with Crippen molar-refractivity contribution < 1.29 is 9.53 Å². The number of amides is 1. The van der Waals surface area contributed by atoms with Crippen LogP contribution in [-0.4, -0.2) is 35.9 Å². The highest BCUT2D eigenvalue weighted by atomic mass is 32.1. The Morgan fingerprint density at radius 3 is 3.26 bits per heavy atom. The Morgan fingerprint density at radius 2 is 2.53 bits per heavy atom. The van der Waals surface area contributed by atoms with E-state index in [0.717, 1.165) is 18.4 Å². The second kappa shape index (κ2) is 5.10. The van der Waals surface area contributed by atoms with Crippen LogP contribution in [0.15, 0.2) is 12.3 Å². The summed E-state index contributed by atoms with van der Waals surface area (Å²) in [6.07, 6.45) is 2.57. The Kier molecular flexibility index (Phi) is 3.31. The maximum absolute atomic E-state index is 12.1. The first-order valence-corrected chi connectivity index (χ1v) is 6.93. The van der Waals surface area contributed by atoms with Crippen LogP contribution in [0.4, 0.5) is 5.69 Å². The number of thiophene rings is 1. The molecule has 2 aromatic heterocycles. The molecule has 0 bridgehead atoms. The molecule has 1 atom stereocenters. The van der Waals surface area contributed by atoms with Crippen molar-refractivity contribution in [1.82, 2.24) is 15.5 Å². The number of ether oxygens (including phenoxy) is 1. The van der Waals surface area contributed by atoms with Crippen LogP contribution in [0.25, 0.3) is 10.2 Å². The molecule has 0 aromatic carbocycles. The fourth-order valence-electron chi connectivity index (χ4n) is 2.10. The molecule has 0 radical (unpaired) electrons. The van der Waals surface area contributed by atoms with Gasteiger partial charge in [-0.2, -0.15) is 5.10 Å². The molecule has 1 aliphatic heterocycles. The van der Waals surface area contributed by atoms with Crippen molar-refractivity contribution in [3.05, 3.63) is 17.1 Å². The maximum Gasteiger partial charge on any atom is 0.263 e. The van der Waals surface area contributed by atoms with E-state index in [1.807, 2.05) is 0 Å². The number of carbonyl (C=O) groups excluding carboxylic acids is 1. The first-order chi connectivity index (χ1) is 9.25. The highest BCUT2D eigenvalue weighted by Gasteiger charge is 2.20. The van der Waals surface area contributed by atoms with Gasteiger partial charge in [-0.25, -0.2) is 0 Å². The van der Waals surface area contributed by atoms with Crippen molar-refractivity contribution in [3.8, 4) is 0 Å². The van der Waals surface area contributed by atoms with E-state index < -0.39 is 0 Å². The SMILES string of the molecule is Nc1c(C(=O)NCC2CCOC2)sc2nnccc12. The highest BCUT2D eigenvalue weighted by Crippen LogP contribution is 2.31. The third kappa shape index (κ3) is 2.39. The standard InChI is InChI=1S/C12H14N4O2S/c13-9-8-1-3-15-16-12(8)19-10(9)11(17)14-5-7-2-4-18-6-7/h1,3,7H,2,4-6,13H2,(H,14,17). The first-order valence-electron chi connectivity index (χ1n) is 6.11. The quantitative estimate of drug-likeness (QED) is 0.875. The van der Waals surface area contributed by atoms with Gasteiger partial charge in [0.25, 0.3) is 5.91 Å². The van der Waals surface area contributed by atoms with E-state index in [4.69, 9.17) is 10.5 Å². The summed E-state index contributed by atoms with van der Waals surface area (Å²) in [4.78, 5) is 13.3. The van der Waals surface area contributed by atoms with Crippen LogP contribution in [-0.2, 0) is 4.74 Å². The minimum atomic E-state index is -0.146. The number of hydrogen-bond acceptors (Lipinski definition) is 6. The van der Waals surface area contributed by atoms with E-state index in [-0.39, 0.29) is 5.91 Å². The van der Waals surface area contributed by atoms with Gasteiger partial charge in [0.1, 0.15) is 9.71 Å². The molecule has 2 aromatic rings. The van der Waals surface area contributed by atoms with Crippen molar-refractivity contribution in [3.63, 3.8) is 0 Å². The molecule has 1 unspecified atom stereocenters. The summed E-state index contributed by atoms with van der Waals surface area (Å²) in [5, 5.41) is 11.5. The lowest BCUT2D eigenvalue weighted by molar-refractivity contribution is 0.0950. The molecule has 19 heavy (non-hydrogen) atoms. The van der Waals surface area contributed by atoms with Gasteiger partial charge in [-0.15, -0.1) is 16.4 Å². The molecule has 1 fully saturated rings. The summed E-state index contributed by atoms with van der Waals surface area (Å²) in [5.74, 6) is 0.256. The van der Waals surface area contributed by atoms with Gasteiger partial charge in [0, 0.05) is 24.5 Å². The number of nitrogens with zero attached hydrogens (tertiary/aromatic N) is 2. The Balaban J connectivity index is 1.75. The van der Waals surface area contributed by atoms with Crippen LogP contribution in [0.2, 0.25) is 0 Å². The number of rotatable bonds is 3. The summed E-state index contributed by atoms with van der Waals surface area (Å²) < 4.78 is 5.28. The molecule has 3 N–H and O–H groups in total. The molecule has 100 valence electrons. The van der Waals surface area contributed by atoms with Crippen molar-refractivity contribution >= 4 is 33.1 Å². The van der Waals surface area contributed by atoms with Crippen molar-refractivity contribution in [2.75, 3.05) is 25.5 Å². The lowest BCUT2D eigenvalue weighted by Gasteiger charge is -2.08. The molecular formula is C12H14N4O2S. The Morgan fingerprint density at radius 1 is 1.63 bits per heavy atom. The van der Waals surface area contributed by atoms with Gasteiger partial charge in [-0.05, 0) is 12.5 Å². The zero-order chi connectivity index (χ0) is 13.2. The molecule has 7 heteroatoms. The zero-order valence-electron chi connectivity index (χ0n) is 10.3. The number of anilines is 1. The molecule has 1 saturated heterocycles. The molecule has 6 nitrogen and oxygen atoms in total. The number of fused-ring (bicyclic) bond motifs is 1. The van der Waals surface area contributed by atoms with E-state index in [1.165, 1.54) is 11.3 Å². The average Bonchev–Trinajstić information content (AvgIpc) is 3.05. The molecule has 3 rings (SSSR count).